The third-order valence-corrected chi connectivity index (χ3v) is 5.25. The number of quaternary nitrogens is 1. The van der Waals surface area contributed by atoms with E-state index in [1.54, 1.807) is 0 Å². The predicted molar refractivity (Wildman–Crippen MR) is 126 cm³/mol. The number of hydrogen-bond donors (Lipinski definition) is 3. The summed E-state index contributed by atoms with van der Waals surface area (Å²) in [5.41, 5.74) is 6.50. The van der Waals surface area contributed by atoms with E-state index in [2.05, 4.69) is 58.7 Å². The summed E-state index contributed by atoms with van der Waals surface area (Å²) < 4.78 is 0. The van der Waals surface area contributed by atoms with Crippen LogP contribution < -0.4 is 11.1 Å². The van der Waals surface area contributed by atoms with Crippen molar-refractivity contribution in [2.75, 3.05) is 13.1 Å². The molecule has 0 aliphatic heterocycles. The van der Waals surface area contributed by atoms with Crippen LogP contribution in [0.1, 0.15) is 83.9 Å². The Kier molecular flexibility index (Phi) is 9.32. The number of aromatic hydroxyl groups is 1. The van der Waals surface area contributed by atoms with Gasteiger partial charge in [0.1, 0.15) is 16.8 Å². The normalized spacial score (nSPS) is 12.6. The van der Waals surface area contributed by atoms with Crippen LogP contribution in [0.5, 0.6) is 5.75 Å². The third kappa shape index (κ3) is 7.79. The number of rotatable bonds is 8. The Bertz CT molecular complexity index is 742. The van der Waals surface area contributed by atoms with E-state index in [0.717, 1.165) is 49.0 Å². The van der Waals surface area contributed by atoms with Gasteiger partial charge in [-0.05, 0) is 53.9 Å². The van der Waals surface area contributed by atoms with Crippen molar-refractivity contribution in [3.8, 4) is 11.8 Å². The van der Waals surface area contributed by atoms with Crippen LogP contribution in [0.3, 0.4) is 0 Å². The summed E-state index contributed by atoms with van der Waals surface area (Å²) in [6, 6.07) is 6.15. The van der Waals surface area contributed by atoms with Crippen LogP contribution in [0.4, 0.5) is 0 Å². The fourth-order valence-corrected chi connectivity index (χ4v) is 3.36. The molecule has 0 unspecified atom stereocenters. The highest BCUT2D eigenvalue weighted by Crippen LogP contribution is 2.40. The molecule has 0 aromatic heterocycles. The fraction of sp³-hybridized carbons (Fsp3) is 0.583. The average molecular weight is 417 g/mol. The third-order valence-electron chi connectivity index (χ3n) is 4.89. The summed E-state index contributed by atoms with van der Waals surface area (Å²) in [5, 5.41) is 23.7. The largest absolute Gasteiger partial charge is 0.507 e. The predicted octanol–water partition coefficient (Wildman–Crippen LogP) is 4.61. The number of nitriles is 1. The number of phenols is 1. The SMILES string of the molecule is CC(C)(C)c1cc(/C=C(\C#N)C(=S)NCCCCCC[NH3+])cc(C(C)(C)C)c1O. The quantitative estimate of drug-likeness (QED) is 0.250. The highest BCUT2D eigenvalue weighted by atomic mass is 32.1. The van der Waals surface area contributed by atoms with Crippen molar-refractivity contribution in [2.24, 2.45) is 0 Å². The first-order valence-corrected chi connectivity index (χ1v) is 10.9. The topological polar surface area (TPSA) is 83.7 Å². The summed E-state index contributed by atoms with van der Waals surface area (Å²) in [6.45, 7) is 14.2. The lowest BCUT2D eigenvalue weighted by atomic mass is 9.78. The Morgan fingerprint density at radius 3 is 2.03 bits per heavy atom. The summed E-state index contributed by atoms with van der Waals surface area (Å²) in [4.78, 5) is 0.479. The fourth-order valence-electron chi connectivity index (χ4n) is 3.15. The highest BCUT2D eigenvalue weighted by molar-refractivity contribution is 7.80. The first-order valence-electron chi connectivity index (χ1n) is 10.5. The molecule has 4 nitrogen and oxygen atoms in total. The number of thiocarbonyl (C=S) groups is 1. The Morgan fingerprint density at radius 2 is 1.59 bits per heavy atom. The zero-order chi connectivity index (χ0) is 22.2. The second-order valence-corrected chi connectivity index (χ2v) is 10.1. The van der Waals surface area contributed by atoms with Crippen LogP contribution in [0, 0.1) is 11.3 Å². The molecule has 0 spiro atoms. The first kappa shape index (κ1) is 25.1. The summed E-state index contributed by atoms with van der Waals surface area (Å²) in [6.07, 6.45) is 6.32. The minimum Gasteiger partial charge on any atom is -0.507 e. The monoisotopic (exact) mass is 416 g/mol. The van der Waals surface area contributed by atoms with E-state index in [4.69, 9.17) is 12.2 Å². The molecule has 5 N–H and O–H groups in total. The molecule has 0 saturated heterocycles. The molecular weight excluding hydrogens is 378 g/mol. The second-order valence-electron chi connectivity index (χ2n) is 9.66. The maximum atomic E-state index is 10.9. The van der Waals surface area contributed by atoms with Gasteiger partial charge in [0, 0.05) is 17.7 Å². The minimum atomic E-state index is -0.215. The lowest BCUT2D eigenvalue weighted by Gasteiger charge is -2.28. The number of unbranched alkanes of at least 4 members (excludes halogenated alkanes) is 3. The van der Waals surface area contributed by atoms with Gasteiger partial charge in [0.05, 0.1) is 12.1 Å². The van der Waals surface area contributed by atoms with Gasteiger partial charge in [-0.1, -0.05) is 60.2 Å². The van der Waals surface area contributed by atoms with Gasteiger partial charge in [-0.25, -0.2) is 0 Å². The molecule has 5 heteroatoms. The van der Waals surface area contributed by atoms with Gasteiger partial charge < -0.3 is 16.2 Å². The number of nitrogens with zero attached hydrogens (tertiary/aromatic N) is 1. The van der Waals surface area contributed by atoms with Gasteiger partial charge >= 0.3 is 0 Å². The molecule has 0 atom stereocenters. The van der Waals surface area contributed by atoms with Gasteiger partial charge in [0.15, 0.2) is 0 Å². The van der Waals surface area contributed by atoms with Crippen LogP contribution in [0.15, 0.2) is 17.7 Å². The molecule has 160 valence electrons. The molecule has 1 aromatic carbocycles. The number of phenolic OH excluding ortho intramolecular Hbond substituents is 1. The second kappa shape index (κ2) is 10.8. The van der Waals surface area contributed by atoms with Crippen molar-refractivity contribution in [3.05, 3.63) is 34.4 Å². The maximum absolute atomic E-state index is 10.9. The van der Waals surface area contributed by atoms with Crippen molar-refractivity contribution in [3.63, 3.8) is 0 Å². The lowest BCUT2D eigenvalue weighted by Crippen LogP contribution is -2.50. The van der Waals surface area contributed by atoms with Gasteiger partial charge in [-0.2, -0.15) is 5.26 Å². The molecule has 1 rings (SSSR count). The molecule has 1 aromatic rings. The van der Waals surface area contributed by atoms with Crippen molar-refractivity contribution >= 4 is 23.3 Å². The molecule has 0 amide bonds. The zero-order valence-electron chi connectivity index (χ0n) is 19.0. The molecule has 0 fully saturated rings. The molecule has 0 aliphatic carbocycles. The Morgan fingerprint density at radius 1 is 1.07 bits per heavy atom. The van der Waals surface area contributed by atoms with E-state index in [1.807, 2.05) is 18.2 Å². The number of benzene rings is 1. The van der Waals surface area contributed by atoms with Gasteiger partial charge in [0.25, 0.3) is 0 Å². The standard InChI is InChI=1S/C24H37N3OS/c1-23(2,3)19-14-17(15-20(21(19)28)24(4,5)6)13-18(16-26)22(29)27-12-10-8-7-9-11-25/h13-15,28H,7-12,25H2,1-6H3,(H,27,29)/p+1/b18-13+. The first-order chi connectivity index (χ1) is 13.4. The van der Waals surface area contributed by atoms with Crippen LogP contribution >= 0.6 is 12.2 Å². The van der Waals surface area contributed by atoms with E-state index in [1.165, 1.54) is 6.42 Å². The molecule has 0 radical (unpaired) electrons. The van der Waals surface area contributed by atoms with Gasteiger partial charge in [-0.3, -0.25) is 0 Å². The van der Waals surface area contributed by atoms with Crippen LogP contribution in [0.25, 0.3) is 6.08 Å². The zero-order valence-corrected chi connectivity index (χ0v) is 19.8. The molecule has 0 saturated carbocycles. The van der Waals surface area contributed by atoms with Gasteiger partial charge in [-0.15, -0.1) is 0 Å². The number of nitrogens with one attached hydrogen (secondary N) is 1. The van der Waals surface area contributed by atoms with Crippen LogP contribution in [0.2, 0.25) is 0 Å². The van der Waals surface area contributed by atoms with Crippen molar-refractivity contribution in [2.45, 2.75) is 78.1 Å². The summed E-state index contributed by atoms with van der Waals surface area (Å²) >= 11 is 5.45. The van der Waals surface area contributed by atoms with Crippen molar-refractivity contribution in [1.82, 2.24) is 5.32 Å². The smallest absolute Gasteiger partial charge is 0.123 e. The van der Waals surface area contributed by atoms with E-state index in [0.29, 0.717) is 16.3 Å². The highest BCUT2D eigenvalue weighted by Gasteiger charge is 2.26. The van der Waals surface area contributed by atoms with E-state index >= 15 is 0 Å². The Labute approximate surface area is 182 Å². The molecule has 0 heterocycles. The Hall–Kier alpha value is -1.90. The van der Waals surface area contributed by atoms with E-state index in [-0.39, 0.29) is 10.8 Å². The molecular formula is C24H38N3OS+. The van der Waals surface area contributed by atoms with Crippen molar-refractivity contribution in [1.29, 1.82) is 5.26 Å². The lowest BCUT2D eigenvalue weighted by molar-refractivity contribution is -0.368. The van der Waals surface area contributed by atoms with Crippen LogP contribution in [-0.4, -0.2) is 23.2 Å². The summed E-state index contributed by atoms with van der Waals surface area (Å²) in [5.74, 6) is 0.337. The van der Waals surface area contributed by atoms with Crippen LogP contribution in [-0.2, 0) is 10.8 Å². The number of hydrogen-bond acceptors (Lipinski definition) is 3. The van der Waals surface area contributed by atoms with Crippen molar-refractivity contribution < 1.29 is 10.8 Å². The van der Waals surface area contributed by atoms with E-state index in [9.17, 15) is 10.4 Å². The van der Waals surface area contributed by atoms with E-state index < -0.39 is 0 Å². The average Bonchev–Trinajstić information content (AvgIpc) is 2.61. The molecule has 0 aliphatic rings. The van der Waals surface area contributed by atoms with Gasteiger partial charge in [0.2, 0.25) is 0 Å². The Balaban J connectivity index is 3.13. The summed E-state index contributed by atoms with van der Waals surface area (Å²) in [7, 11) is 0. The molecule has 0 bridgehead atoms. The molecule has 29 heavy (non-hydrogen) atoms. The maximum Gasteiger partial charge on any atom is 0.123 e. The minimum absolute atomic E-state index is 0.215.